The van der Waals surface area contributed by atoms with E-state index >= 15 is 0 Å². The van der Waals surface area contributed by atoms with Crippen molar-refractivity contribution in [2.24, 2.45) is 0 Å². The number of phenolic OH excluding ortho intramolecular Hbond substituents is 1. The first-order chi connectivity index (χ1) is 9.15. The van der Waals surface area contributed by atoms with Crippen molar-refractivity contribution in [3.8, 4) is 5.75 Å². The fourth-order valence-electron chi connectivity index (χ4n) is 1.52. The average molecular weight is 274 g/mol. The molecular formula is C14H14N2O2S. The van der Waals surface area contributed by atoms with Crippen molar-refractivity contribution in [2.45, 2.75) is 4.90 Å². The zero-order chi connectivity index (χ0) is 13.7. The van der Waals surface area contributed by atoms with E-state index in [1.165, 1.54) is 23.9 Å². The smallest absolute Gasteiger partial charge is 0.234 e. The van der Waals surface area contributed by atoms with Gasteiger partial charge in [0.05, 0.1) is 17.1 Å². The first kappa shape index (κ1) is 13.3. The van der Waals surface area contributed by atoms with Gasteiger partial charge < -0.3 is 16.2 Å². The van der Waals surface area contributed by atoms with Crippen molar-refractivity contribution in [1.82, 2.24) is 0 Å². The molecule has 0 aliphatic heterocycles. The Morgan fingerprint density at radius 1 is 1.21 bits per heavy atom. The van der Waals surface area contributed by atoms with Gasteiger partial charge in [0.25, 0.3) is 0 Å². The van der Waals surface area contributed by atoms with Gasteiger partial charge in [0.2, 0.25) is 5.91 Å². The summed E-state index contributed by atoms with van der Waals surface area (Å²) in [5.41, 5.74) is 6.55. The lowest BCUT2D eigenvalue weighted by molar-refractivity contribution is -0.113. The lowest BCUT2D eigenvalue weighted by atomic mass is 10.2. The van der Waals surface area contributed by atoms with Gasteiger partial charge in [-0.1, -0.05) is 18.2 Å². The van der Waals surface area contributed by atoms with Gasteiger partial charge in [-0.25, -0.2) is 0 Å². The normalized spacial score (nSPS) is 10.1. The maximum absolute atomic E-state index is 11.8. The maximum atomic E-state index is 11.8. The molecule has 4 nitrogen and oxygen atoms in total. The number of thioether (sulfide) groups is 1. The molecule has 98 valence electrons. The minimum atomic E-state index is -0.133. The predicted molar refractivity (Wildman–Crippen MR) is 78.3 cm³/mol. The molecule has 0 aromatic heterocycles. The molecule has 0 saturated heterocycles. The second-order valence-electron chi connectivity index (χ2n) is 3.92. The third kappa shape index (κ3) is 3.93. The van der Waals surface area contributed by atoms with Crippen LogP contribution in [0.3, 0.4) is 0 Å². The Morgan fingerprint density at radius 3 is 2.63 bits per heavy atom. The second kappa shape index (κ2) is 6.15. The average Bonchev–Trinajstić information content (AvgIpc) is 2.41. The van der Waals surface area contributed by atoms with Crippen LogP contribution in [-0.2, 0) is 4.79 Å². The van der Waals surface area contributed by atoms with Crippen LogP contribution in [0.1, 0.15) is 0 Å². The van der Waals surface area contributed by atoms with Gasteiger partial charge in [0.1, 0.15) is 5.75 Å². The number of amides is 1. The number of nitrogen functional groups attached to an aromatic ring is 1. The number of carbonyl (C=O) groups excluding carboxylic acids is 1. The molecule has 19 heavy (non-hydrogen) atoms. The van der Waals surface area contributed by atoms with Crippen LogP contribution in [0.5, 0.6) is 5.75 Å². The molecule has 4 N–H and O–H groups in total. The van der Waals surface area contributed by atoms with Crippen molar-refractivity contribution in [2.75, 3.05) is 16.8 Å². The summed E-state index contributed by atoms with van der Waals surface area (Å²) in [7, 11) is 0. The molecule has 0 unspecified atom stereocenters. The number of rotatable bonds is 4. The minimum Gasteiger partial charge on any atom is -0.508 e. The Labute approximate surface area is 115 Å². The summed E-state index contributed by atoms with van der Waals surface area (Å²) in [5.74, 6) is 0.255. The van der Waals surface area contributed by atoms with Crippen LogP contribution in [0.25, 0.3) is 0 Å². The summed E-state index contributed by atoms with van der Waals surface area (Å²) >= 11 is 1.45. The number of benzene rings is 2. The van der Waals surface area contributed by atoms with E-state index in [0.717, 1.165) is 4.90 Å². The van der Waals surface area contributed by atoms with Crippen LogP contribution in [0, 0.1) is 0 Å². The molecule has 0 bridgehead atoms. The van der Waals surface area contributed by atoms with Crippen LogP contribution in [0.15, 0.2) is 53.4 Å². The highest BCUT2D eigenvalue weighted by Crippen LogP contribution is 2.24. The molecular weight excluding hydrogens is 260 g/mol. The van der Waals surface area contributed by atoms with E-state index in [1.807, 2.05) is 30.3 Å². The SMILES string of the molecule is Nc1cc(O)ccc1NC(=O)CSc1ccccc1. The van der Waals surface area contributed by atoms with Gasteiger partial charge in [-0.05, 0) is 24.3 Å². The summed E-state index contributed by atoms with van der Waals surface area (Å²) in [6.07, 6.45) is 0. The number of carbonyl (C=O) groups is 1. The predicted octanol–water partition coefficient (Wildman–Crippen LogP) is 2.71. The summed E-state index contributed by atoms with van der Waals surface area (Å²) in [5, 5.41) is 11.9. The highest BCUT2D eigenvalue weighted by molar-refractivity contribution is 8.00. The number of phenols is 1. The lowest BCUT2D eigenvalue weighted by Gasteiger charge is -2.08. The molecule has 0 radical (unpaired) electrons. The Bertz CT molecular complexity index is 573. The van der Waals surface area contributed by atoms with E-state index in [1.54, 1.807) is 6.07 Å². The number of nitrogens with two attached hydrogens (primary N) is 1. The van der Waals surface area contributed by atoms with Crippen molar-refractivity contribution in [3.05, 3.63) is 48.5 Å². The first-order valence-electron chi connectivity index (χ1n) is 5.71. The van der Waals surface area contributed by atoms with Gasteiger partial charge in [-0.15, -0.1) is 11.8 Å². The maximum Gasteiger partial charge on any atom is 0.234 e. The zero-order valence-electron chi connectivity index (χ0n) is 10.2. The number of aromatic hydroxyl groups is 1. The lowest BCUT2D eigenvalue weighted by Crippen LogP contribution is -2.15. The topological polar surface area (TPSA) is 75.3 Å². The Kier molecular flexibility index (Phi) is 4.30. The monoisotopic (exact) mass is 274 g/mol. The minimum absolute atomic E-state index is 0.0779. The van der Waals surface area contributed by atoms with Crippen LogP contribution >= 0.6 is 11.8 Å². The molecule has 0 aliphatic carbocycles. The van der Waals surface area contributed by atoms with E-state index in [-0.39, 0.29) is 11.7 Å². The quantitative estimate of drug-likeness (QED) is 0.455. The number of anilines is 2. The molecule has 0 fully saturated rings. The molecule has 2 rings (SSSR count). The summed E-state index contributed by atoms with van der Waals surface area (Å²) in [4.78, 5) is 12.8. The summed E-state index contributed by atoms with van der Waals surface area (Å²) in [6.45, 7) is 0. The summed E-state index contributed by atoms with van der Waals surface area (Å²) in [6, 6.07) is 14.2. The van der Waals surface area contributed by atoms with Gasteiger partial charge >= 0.3 is 0 Å². The molecule has 0 aliphatic rings. The zero-order valence-corrected chi connectivity index (χ0v) is 11.0. The van der Waals surface area contributed by atoms with E-state index in [0.29, 0.717) is 17.1 Å². The van der Waals surface area contributed by atoms with Gasteiger partial charge in [-0.2, -0.15) is 0 Å². The third-order valence-corrected chi connectivity index (χ3v) is 3.43. The first-order valence-corrected chi connectivity index (χ1v) is 6.70. The molecule has 2 aromatic rings. The standard InChI is InChI=1S/C14H14N2O2S/c15-12-8-10(17)6-7-13(12)16-14(18)9-19-11-4-2-1-3-5-11/h1-8,17H,9,15H2,(H,16,18). The van der Waals surface area contributed by atoms with Gasteiger partial charge in [0.15, 0.2) is 0 Å². The molecule has 0 saturated carbocycles. The van der Waals surface area contributed by atoms with E-state index in [2.05, 4.69) is 5.32 Å². The van der Waals surface area contributed by atoms with E-state index in [9.17, 15) is 9.90 Å². The fraction of sp³-hybridized carbons (Fsp3) is 0.0714. The largest absolute Gasteiger partial charge is 0.508 e. The molecule has 2 aromatic carbocycles. The highest BCUT2D eigenvalue weighted by Gasteiger charge is 2.06. The van der Waals surface area contributed by atoms with E-state index < -0.39 is 0 Å². The fourth-order valence-corrected chi connectivity index (χ4v) is 2.24. The Hall–Kier alpha value is -2.14. The van der Waals surface area contributed by atoms with Crippen molar-refractivity contribution in [1.29, 1.82) is 0 Å². The van der Waals surface area contributed by atoms with Crippen molar-refractivity contribution >= 4 is 29.0 Å². The van der Waals surface area contributed by atoms with Crippen molar-refractivity contribution < 1.29 is 9.90 Å². The second-order valence-corrected chi connectivity index (χ2v) is 4.97. The molecule has 0 atom stereocenters. The highest BCUT2D eigenvalue weighted by atomic mass is 32.2. The van der Waals surface area contributed by atoms with Crippen LogP contribution in [-0.4, -0.2) is 16.8 Å². The number of nitrogens with one attached hydrogen (secondary N) is 1. The Morgan fingerprint density at radius 2 is 1.95 bits per heavy atom. The Balaban J connectivity index is 1.91. The number of hydrogen-bond acceptors (Lipinski definition) is 4. The van der Waals surface area contributed by atoms with Gasteiger partial charge in [0, 0.05) is 11.0 Å². The van der Waals surface area contributed by atoms with Crippen LogP contribution in [0.2, 0.25) is 0 Å². The molecule has 0 spiro atoms. The van der Waals surface area contributed by atoms with Crippen LogP contribution in [0.4, 0.5) is 11.4 Å². The molecule has 5 heteroatoms. The van der Waals surface area contributed by atoms with Crippen LogP contribution < -0.4 is 11.1 Å². The van der Waals surface area contributed by atoms with Crippen molar-refractivity contribution in [3.63, 3.8) is 0 Å². The molecule has 0 heterocycles. The summed E-state index contributed by atoms with van der Waals surface area (Å²) < 4.78 is 0. The third-order valence-electron chi connectivity index (χ3n) is 2.42. The molecule has 1 amide bonds. The number of hydrogen-bond donors (Lipinski definition) is 3. The van der Waals surface area contributed by atoms with E-state index in [4.69, 9.17) is 5.73 Å². The van der Waals surface area contributed by atoms with Gasteiger partial charge in [-0.3, -0.25) is 4.79 Å².